The van der Waals surface area contributed by atoms with Crippen molar-refractivity contribution in [1.29, 1.82) is 0 Å². The molecule has 12 nitrogen and oxygen atoms in total. The van der Waals surface area contributed by atoms with Crippen molar-refractivity contribution >= 4 is 29.8 Å². The highest BCUT2D eigenvalue weighted by Crippen LogP contribution is 2.40. The molecule has 214 valence electrons. The molecule has 0 aromatic heterocycles. The predicted octanol–water partition coefficient (Wildman–Crippen LogP) is 1.61. The number of benzene rings is 1. The smallest absolute Gasteiger partial charge is 0.408 e. The molecule has 5 atom stereocenters. The first-order chi connectivity index (χ1) is 18.7. The maximum absolute atomic E-state index is 13.1. The number of likely N-dealkylation sites (tertiary alicyclic amines) is 1. The van der Waals surface area contributed by atoms with Crippen molar-refractivity contribution in [2.75, 3.05) is 6.54 Å². The molecule has 12 heteroatoms. The first-order valence-corrected chi connectivity index (χ1v) is 13.5. The first-order valence-electron chi connectivity index (χ1n) is 13.5. The van der Waals surface area contributed by atoms with Gasteiger partial charge in [-0.3, -0.25) is 9.59 Å². The fourth-order valence-electron chi connectivity index (χ4n) is 5.46. The second-order valence-corrected chi connectivity index (χ2v) is 10.1. The molecule has 0 spiro atoms. The van der Waals surface area contributed by atoms with Gasteiger partial charge in [0, 0.05) is 12.5 Å². The van der Waals surface area contributed by atoms with E-state index in [9.17, 15) is 34.2 Å². The van der Waals surface area contributed by atoms with Gasteiger partial charge in [-0.05, 0) is 56.6 Å². The Morgan fingerprint density at radius 1 is 1.00 bits per heavy atom. The molecule has 1 aliphatic carbocycles. The van der Waals surface area contributed by atoms with Gasteiger partial charge in [-0.15, -0.1) is 0 Å². The van der Waals surface area contributed by atoms with Crippen LogP contribution >= 0.6 is 0 Å². The number of aliphatic carboxylic acids is 2. The molecule has 1 saturated heterocycles. The molecular weight excluding hydrogens is 508 g/mol. The lowest BCUT2D eigenvalue weighted by atomic mass is 9.84. The second-order valence-electron chi connectivity index (χ2n) is 10.1. The van der Waals surface area contributed by atoms with Crippen molar-refractivity contribution in [3.8, 4) is 0 Å². The third-order valence-corrected chi connectivity index (χ3v) is 7.44. The van der Waals surface area contributed by atoms with Crippen molar-refractivity contribution in [3.63, 3.8) is 0 Å². The summed E-state index contributed by atoms with van der Waals surface area (Å²) in [5.74, 6) is -3.44. The third kappa shape index (κ3) is 8.41. The molecule has 1 aliphatic heterocycles. The van der Waals surface area contributed by atoms with Crippen LogP contribution in [-0.4, -0.2) is 75.7 Å². The van der Waals surface area contributed by atoms with E-state index >= 15 is 0 Å². The number of carbonyl (C=O) groups is 5. The Morgan fingerprint density at radius 2 is 1.72 bits per heavy atom. The molecule has 39 heavy (non-hydrogen) atoms. The average molecular weight is 547 g/mol. The highest BCUT2D eigenvalue weighted by Gasteiger charge is 2.47. The van der Waals surface area contributed by atoms with Crippen LogP contribution in [0.5, 0.6) is 0 Å². The predicted molar refractivity (Wildman–Crippen MR) is 139 cm³/mol. The molecule has 0 radical (unpaired) electrons. The van der Waals surface area contributed by atoms with Gasteiger partial charge in [0.1, 0.15) is 24.7 Å². The summed E-state index contributed by atoms with van der Waals surface area (Å²) >= 11 is 0. The Bertz CT molecular complexity index is 1020. The zero-order valence-electron chi connectivity index (χ0n) is 21.9. The normalized spacial score (nSPS) is 21.8. The van der Waals surface area contributed by atoms with Gasteiger partial charge < -0.3 is 36.2 Å². The summed E-state index contributed by atoms with van der Waals surface area (Å²) in [6.07, 6.45) is 3.18. The average Bonchev–Trinajstić information content (AvgIpc) is 3.32. The van der Waals surface area contributed by atoms with E-state index in [1.54, 1.807) is 24.3 Å². The van der Waals surface area contributed by atoms with Crippen molar-refractivity contribution in [2.45, 2.75) is 88.6 Å². The molecule has 5 unspecified atom stereocenters. The van der Waals surface area contributed by atoms with Gasteiger partial charge >= 0.3 is 18.0 Å². The van der Waals surface area contributed by atoms with E-state index in [0.29, 0.717) is 12.8 Å². The number of hydrogen-bond acceptors (Lipinski definition) is 7. The molecule has 6 N–H and O–H groups in total. The minimum absolute atomic E-state index is 0.00650. The summed E-state index contributed by atoms with van der Waals surface area (Å²) < 4.78 is 5.17. The SMILES string of the molecule is NCCCC(NC(=O)OCc1ccccc1)C(=O)NC(CCC(=O)N1C(C(=O)O)CC2CCCCC21)C(=O)O. The molecule has 1 aromatic carbocycles. The van der Waals surface area contributed by atoms with Crippen LogP contribution in [0, 0.1) is 5.92 Å². The van der Waals surface area contributed by atoms with E-state index in [1.807, 2.05) is 6.07 Å². The maximum Gasteiger partial charge on any atom is 0.408 e. The first kappa shape index (κ1) is 29.9. The van der Waals surface area contributed by atoms with Crippen LogP contribution in [0.3, 0.4) is 0 Å². The largest absolute Gasteiger partial charge is 0.480 e. The number of carboxylic acids is 2. The molecular formula is C27H38N4O8. The van der Waals surface area contributed by atoms with Crippen molar-refractivity contribution < 1.29 is 38.9 Å². The van der Waals surface area contributed by atoms with Crippen molar-refractivity contribution in [1.82, 2.24) is 15.5 Å². The number of alkyl carbamates (subject to hydrolysis) is 1. The molecule has 3 amide bonds. The zero-order chi connectivity index (χ0) is 28.4. The van der Waals surface area contributed by atoms with Crippen LogP contribution < -0.4 is 16.4 Å². The topological polar surface area (TPSA) is 188 Å². The van der Waals surface area contributed by atoms with Crippen LogP contribution in [0.15, 0.2) is 30.3 Å². The Hall–Kier alpha value is -3.67. The number of amides is 3. The minimum Gasteiger partial charge on any atom is -0.480 e. The van der Waals surface area contributed by atoms with Gasteiger partial charge in [-0.2, -0.15) is 0 Å². The number of nitrogens with one attached hydrogen (secondary N) is 2. The van der Waals surface area contributed by atoms with Crippen molar-refractivity contribution in [2.24, 2.45) is 11.7 Å². The number of carboxylic acid groups (broad SMARTS) is 2. The van der Waals surface area contributed by atoms with Crippen LogP contribution in [0.2, 0.25) is 0 Å². The van der Waals surface area contributed by atoms with Crippen LogP contribution in [0.4, 0.5) is 4.79 Å². The monoisotopic (exact) mass is 546 g/mol. The molecule has 1 saturated carbocycles. The molecule has 2 aliphatic rings. The lowest BCUT2D eigenvalue weighted by Crippen LogP contribution is -2.52. The summed E-state index contributed by atoms with van der Waals surface area (Å²) in [5, 5.41) is 24.3. The van der Waals surface area contributed by atoms with Crippen LogP contribution in [0.25, 0.3) is 0 Å². The third-order valence-electron chi connectivity index (χ3n) is 7.44. The Labute approximate surface area is 227 Å². The van der Waals surface area contributed by atoms with E-state index in [1.165, 1.54) is 4.90 Å². The molecule has 1 heterocycles. The zero-order valence-corrected chi connectivity index (χ0v) is 21.9. The van der Waals surface area contributed by atoms with Gasteiger partial charge in [0.25, 0.3) is 0 Å². The fourth-order valence-corrected chi connectivity index (χ4v) is 5.46. The lowest BCUT2D eigenvalue weighted by molar-refractivity contribution is -0.150. The number of rotatable bonds is 13. The number of hydrogen-bond donors (Lipinski definition) is 5. The number of nitrogens with zero attached hydrogens (tertiary/aromatic N) is 1. The van der Waals surface area contributed by atoms with Gasteiger partial charge in [-0.1, -0.05) is 43.2 Å². The maximum atomic E-state index is 13.1. The van der Waals surface area contributed by atoms with Gasteiger partial charge in [0.15, 0.2) is 0 Å². The quantitative estimate of drug-likeness (QED) is 0.245. The van der Waals surface area contributed by atoms with Gasteiger partial charge in [0.2, 0.25) is 11.8 Å². The molecule has 2 fully saturated rings. The Balaban J connectivity index is 1.58. The van der Waals surface area contributed by atoms with Crippen molar-refractivity contribution in [3.05, 3.63) is 35.9 Å². The summed E-state index contributed by atoms with van der Waals surface area (Å²) in [5.41, 5.74) is 6.32. The molecule has 3 rings (SSSR count). The van der Waals surface area contributed by atoms with E-state index in [2.05, 4.69) is 10.6 Å². The van der Waals surface area contributed by atoms with Crippen LogP contribution in [0.1, 0.15) is 63.4 Å². The van der Waals surface area contributed by atoms with E-state index in [4.69, 9.17) is 10.5 Å². The Kier molecular flexibility index (Phi) is 11.1. The van der Waals surface area contributed by atoms with E-state index in [-0.39, 0.29) is 44.4 Å². The highest BCUT2D eigenvalue weighted by atomic mass is 16.5. The van der Waals surface area contributed by atoms with Gasteiger partial charge in [0.05, 0.1) is 0 Å². The molecule has 1 aromatic rings. The van der Waals surface area contributed by atoms with E-state index < -0.39 is 48.0 Å². The number of nitrogens with two attached hydrogens (primary N) is 1. The Morgan fingerprint density at radius 3 is 2.38 bits per heavy atom. The summed E-state index contributed by atoms with van der Waals surface area (Å²) in [4.78, 5) is 63.5. The lowest BCUT2D eigenvalue weighted by Gasteiger charge is -2.33. The van der Waals surface area contributed by atoms with E-state index in [0.717, 1.165) is 31.2 Å². The summed E-state index contributed by atoms with van der Waals surface area (Å²) in [6, 6.07) is 5.40. The highest BCUT2D eigenvalue weighted by molar-refractivity contribution is 5.90. The standard InChI is InChI=1S/C27H38N4O8/c28-14-6-10-19(30-27(38)39-16-17-7-2-1-3-8-17)24(33)29-20(25(34)35)12-13-23(32)31-21-11-5-4-9-18(21)15-22(31)26(36)37/h1-3,7-8,18-22H,4-6,9-16,28H2,(H,29,33)(H,30,38)(H,34,35)(H,36,37). The second kappa shape index (κ2) is 14.5. The number of carbonyl (C=O) groups excluding carboxylic acids is 3. The fraction of sp³-hybridized carbons (Fsp3) is 0.593. The van der Waals surface area contributed by atoms with Crippen LogP contribution in [-0.2, 0) is 30.5 Å². The minimum atomic E-state index is -1.41. The molecule has 0 bridgehead atoms. The van der Waals surface area contributed by atoms with Gasteiger partial charge in [-0.25, -0.2) is 14.4 Å². The number of ether oxygens (including phenoxy) is 1. The summed E-state index contributed by atoms with van der Waals surface area (Å²) in [6.45, 7) is 0.248. The number of fused-ring (bicyclic) bond motifs is 1. The summed E-state index contributed by atoms with van der Waals surface area (Å²) in [7, 11) is 0.